The molecule has 384 valence electrons. The van der Waals surface area contributed by atoms with Crippen molar-refractivity contribution in [3.63, 3.8) is 0 Å². The number of fused-ring (bicyclic) bond motifs is 2. The van der Waals surface area contributed by atoms with Gasteiger partial charge in [0.25, 0.3) is 5.91 Å². The third-order valence-corrected chi connectivity index (χ3v) is 14.8. The van der Waals surface area contributed by atoms with Crippen LogP contribution in [0.3, 0.4) is 0 Å². The lowest BCUT2D eigenvalue weighted by Crippen LogP contribution is -2.55. The summed E-state index contributed by atoms with van der Waals surface area (Å²) in [4.78, 5) is 54.3. The first-order valence-electron chi connectivity index (χ1n) is 25.1. The predicted octanol–water partition coefficient (Wildman–Crippen LogP) is 6.79. The molecule has 3 aliphatic rings. The van der Waals surface area contributed by atoms with E-state index < -0.39 is 24.1 Å². The minimum atomic E-state index is -0.911. The number of hydrogen-bond acceptors (Lipinski definition) is 14. The minimum absolute atomic E-state index is 0.000193. The number of aromatic nitrogens is 4. The summed E-state index contributed by atoms with van der Waals surface area (Å²) in [5.74, 6) is -0.614. The number of benzene rings is 3. The van der Waals surface area contributed by atoms with E-state index in [1.165, 1.54) is 21.8 Å². The third kappa shape index (κ3) is 11.9. The van der Waals surface area contributed by atoms with Gasteiger partial charge in [-0.3, -0.25) is 24.0 Å². The number of β-amino-alcohol motifs (C(OH)–C–C–N with tert-alkyl or cyclic N) is 1. The normalized spacial score (nSPS) is 17.6. The lowest BCUT2D eigenvalue weighted by molar-refractivity contribution is -0.143. The molecular weight excluding hydrogens is 949 g/mol. The Morgan fingerprint density at radius 3 is 2.37 bits per heavy atom. The van der Waals surface area contributed by atoms with Gasteiger partial charge in [0.05, 0.1) is 73.2 Å². The largest absolute Gasteiger partial charge is 0.491 e. The van der Waals surface area contributed by atoms with Gasteiger partial charge in [0, 0.05) is 73.9 Å². The van der Waals surface area contributed by atoms with Crippen LogP contribution in [0.25, 0.3) is 32.8 Å². The van der Waals surface area contributed by atoms with Crippen molar-refractivity contribution in [3.8, 4) is 38.6 Å². The van der Waals surface area contributed by atoms with Crippen molar-refractivity contribution in [3.05, 3.63) is 130 Å². The molecule has 1 saturated heterocycles. The van der Waals surface area contributed by atoms with Crippen molar-refractivity contribution >= 4 is 29.1 Å². The van der Waals surface area contributed by atoms with E-state index in [1.807, 2.05) is 80.2 Å². The van der Waals surface area contributed by atoms with Crippen molar-refractivity contribution in [2.75, 3.05) is 52.8 Å². The summed E-state index contributed by atoms with van der Waals surface area (Å²) in [6, 6.07) is 21.8. The van der Waals surface area contributed by atoms with Crippen molar-refractivity contribution in [2.45, 2.75) is 90.3 Å². The standard InChI is InChI=1S/C55H64N8O9S/c1-35(2)50(62-32-42-7-4-5-8-45(42)54(62)66)55(67)61-33-43(64)29-48(61)53(65)57-30-41-10-9-40(52-36(3)58-34-73-52)28-49(41)72-26-25-71-24-23-70-22-21-69-20-6-19-63-51(37-15-17-56-18-16-37)46(31-59-63)39-11-13-44-38(27-39)12-14-47(44)60-68/h4-5,7-11,13,15-18,27-28,31,34-35,43,47-48,50,60,64,68H,6,12,14,19-26,29-30,32-33H2,1-3H3,(H,57,65)/t43-,47?,48+,50+/m1/s1. The van der Waals surface area contributed by atoms with E-state index in [1.54, 1.807) is 28.9 Å². The molecule has 1 unspecified atom stereocenters. The number of hydroxylamine groups is 1. The Balaban J connectivity index is 0.716. The van der Waals surface area contributed by atoms with Crippen LogP contribution in [0.1, 0.15) is 77.5 Å². The summed E-state index contributed by atoms with van der Waals surface area (Å²) < 4.78 is 25.9. The molecule has 6 aromatic rings. The van der Waals surface area contributed by atoms with Gasteiger partial charge in [0.2, 0.25) is 11.8 Å². The molecule has 3 aromatic carbocycles. The molecule has 2 aliphatic heterocycles. The van der Waals surface area contributed by atoms with Crippen LogP contribution in [0.15, 0.2) is 96.9 Å². The molecule has 0 radical (unpaired) electrons. The second-order valence-corrected chi connectivity index (χ2v) is 19.9. The highest BCUT2D eigenvalue weighted by Gasteiger charge is 2.46. The van der Waals surface area contributed by atoms with Crippen LogP contribution < -0.4 is 15.5 Å². The van der Waals surface area contributed by atoms with E-state index in [4.69, 9.17) is 24.0 Å². The Morgan fingerprint density at radius 2 is 1.63 bits per heavy atom. The van der Waals surface area contributed by atoms with Gasteiger partial charge in [-0.25, -0.2) is 4.98 Å². The fraction of sp³-hybridized carbons (Fsp3) is 0.418. The predicted molar refractivity (Wildman–Crippen MR) is 275 cm³/mol. The molecule has 1 fully saturated rings. The molecular formula is C55H64N8O9S. The Bertz CT molecular complexity index is 2860. The maximum Gasteiger partial charge on any atom is 0.255 e. The summed E-state index contributed by atoms with van der Waals surface area (Å²) in [5.41, 5.74) is 14.8. The molecule has 4 N–H and O–H groups in total. The van der Waals surface area contributed by atoms with Gasteiger partial charge >= 0.3 is 0 Å². The number of nitrogens with zero attached hydrogens (tertiary/aromatic N) is 6. The molecule has 3 aromatic heterocycles. The van der Waals surface area contributed by atoms with Gasteiger partial charge < -0.3 is 44.4 Å². The number of aliphatic hydroxyl groups excluding tert-OH is 1. The molecule has 17 nitrogen and oxygen atoms in total. The number of ether oxygens (including phenoxy) is 4. The number of amides is 3. The quantitative estimate of drug-likeness (QED) is 0.0365. The first-order valence-corrected chi connectivity index (χ1v) is 26.0. The average Bonchev–Trinajstić information content (AvgIpc) is 4.26. The Kier molecular flexibility index (Phi) is 17.0. The number of aliphatic hydroxyl groups is 1. The molecule has 5 heterocycles. The smallest absolute Gasteiger partial charge is 0.255 e. The van der Waals surface area contributed by atoms with Gasteiger partial charge in [0.1, 0.15) is 24.4 Å². The van der Waals surface area contributed by atoms with Gasteiger partial charge in [-0.05, 0) is 84.2 Å². The summed E-state index contributed by atoms with van der Waals surface area (Å²) >= 11 is 1.53. The monoisotopic (exact) mass is 1010 g/mol. The number of carbonyl (C=O) groups excluding carboxylic acids is 3. The number of aryl methyl sites for hydroxylation is 3. The van der Waals surface area contributed by atoms with Crippen LogP contribution >= 0.6 is 11.3 Å². The van der Waals surface area contributed by atoms with E-state index in [2.05, 4.69) is 39.0 Å². The van der Waals surface area contributed by atoms with Crippen molar-refractivity contribution < 1.29 is 43.6 Å². The van der Waals surface area contributed by atoms with Crippen LogP contribution in [-0.4, -0.2) is 129 Å². The zero-order valence-electron chi connectivity index (χ0n) is 41.6. The van der Waals surface area contributed by atoms with Gasteiger partial charge in [-0.2, -0.15) is 10.6 Å². The van der Waals surface area contributed by atoms with Crippen molar-refractivity contribution in [1.29, 1.82) is 0 Å². The second-order valence-electron chi connectivity index (χ2n) is 19.0. The molecule has 18 heteroatoms. The fourth-order valence-electron chi connectivity index (χ4n) is 10.2. The molecule has 3 amide bonds. The van der Waals surface area contributed by atoms with Gasteiger partial charge in [-0.1, -0.05) is 62.4 Å². The highest BCUT2D eigenvalue weighted by molar-refractivity contribution is 7.13. The number of rotatable bonds is 24. The van der Waals surface area contributed by atoms with Crippen LogP contribution in [0, 0.1) is 12.8 Å². The highest BCUT2D eigenvalue weighted by atomic mass is 32.1. The third-order valence-electron chi connectivity index (χ3n) is 13.8. The van der Waals surface area contributed by atoms with E-state index >= 15 is 0 Å². The van der Waals surface area contributed by atoms with E-state index in [-0.39, 0.29) is 49.9 Å². The SMILES string of the molecule is Cc1ncsc1-c1ccc(CNC(=O)[C@@H]2C[C@@H](O)CN2C(=O)[C@H](C(C)C)N2Cc3ccccc3C2=O)c(OCCOCCOCCOCCCn2ncc(-c3ccc4c(c3)CCC4NO)c2-c2ccncc2)c1. The molecule has 0 saturated carbocycles. The van der Waals surface area contributed by atoms with E-state index in [9.17, 15) is 24.7 Å². The number of nitrogens with one attached hydrogen (secondary N) is 2. The Hall–Kier alpha value is -6.38. The number of likely N-dealkylation sites (tertiary alicyclic amines) is 1. The summed E-state index contributed by atoms with van der Waals surface area (Å²) in [7, 11) is 0. The molecule has 0 spiro atoms. The number of pyridine rings is 1. The average molecular weight is 1010 g/mol. The Labute approximate surface area is 429 Å². The van der Waals surface area contributed by atoms with E-state index in [0.717, 1.165) is 74.5 Å². The maximum absolute atomic E-state index is 14.3. The molecule has 73 heavy (non-hydrogen) atoms. The zero-order valence-corrected chi connectivity index (χ0v) is 42.4. The van der Waals surface area contributed by atoms with Gasteiger partial charge in [-0.15, -0.1) is 11.3 Å². The minimum Gasteiger partial charge on any atom is -0.491 e. The fourth-order valence-corrected chi connectivity index (χ4v) is 11.0. The molecule has 9 rings (SSSR count). The number of thiazole rings is 1. The zero-order chi connectivity index (χ0) is 50.8. The first-order chi connectivity index (χ1) is 35.6. The lowest BCUT2D eigenvalue weighted by atomic mass is 9.98. The Morgan fingerprint density at radius 1 is 0.877 bits per heavy atom. The summed E-state index contributed by atoms with van der Waals surface area (Å²) in [6.07, 6.45) is 7.25. The highest BCUT2D eigenvalue weighted by Crippen LogP contribution is 2.38. The van der Waals surface area contributed by atoms with Crippen LogP contribution in [0.5, 0.6) is 5.75 Å². The number of hydrogen-bond donors (Lipinski definition) is 4. The van der Waals surface area contributed by atoms with Crippen molar-refractivity contribution in [1.82, 2.24) is 40.3 Å². The van der Waals surface area contributed by atoms with Crippen molar-refractivity contribution in [2.24, 2.45) is 5.92 Å². The number of carbonyl (C=O) groups is 3. The molecule has 0 bridgehead atoms. The van der Waals surface area contributed by atoms with E-state index in [0.29, 0.717) is 64.0 Å². The second kappa shape index (κ2) is 24.1. The topological polar surface area (TPSA) is 203 Å². The summed E-state index contributed by atoms with van der Waals surface area (Å²) in [6.45, 7) is 9.57. The summed E-state index contributed by atoms with van der Waals surface area (Å²) in [5, 5.41) is 28.1. The first kappa shape index (κ1) is 51.5. The van der Waals surface area contributed by atoms with Crippen LogP contribution in [-0.2, 0) is 49.9 Å². The van der Waals surface area contributed by atoms with Crippen LogP contribution in [0.2, 0.25) is 0 Å². The van der Waals surface area contributed by atoms with Gasteiger partial charge in [0.15, 0.2) is 0 Å². The molecule has 4 atom stereocenters. The lowest BCUT2D eigenvalue weighted by Gasteiger charge is -2.35. The van der Waals surface area contributed by atoms with Crippen LogP contribution in [0.4, 0.5) is 0 Å². The maximum atomic E-state index is 14.3. The molecule has 1 aliphatic carbocycles.